The number of aromatic nitrogens is 2. The molecular weight excluding hydrogens is 438 g/mol. The molecule has 10 heteroatoms. The third kappa shape index (κ3) is 4.88. The van der Waals surface area contributed by atoms with Gasteiger partial charge in [-0.2, -0.15) is 4.31 Å². The number of rotatable bonds is 5. The number of piperazine rings is 1. The van der Waals surface area contributed by atoms with Crippen LogP contribution < -0.4 is 14.5 Å². The molecule has 0 unspecified atom stereocenters. The van der Waals surface area contributed by atoms with E-state index in [1.54, 1.807) is 6.07 Å². The molecule has 2 aromatic rings. The summed E-state index contributed by atoms with van der Waals surface area (Å²) in [7, 11) is -2.12. The summed E-state index contributed by atoms with van der Waals surface area (Å²) >= 11 is 6.12. The monoisotopic (exact) mass is 465 g/mol. The van der Waals surface area contributed by atoms with Gasteiger partial charge in [-0.1, -0.05) is 24.4 Å². The summed E-state index contributed by atoms with van der Waals surface area (Å²) in [6.45, 7) is 3.92. The lowest BCUT2D eigenvalue weighted by Gasteiger charge is -2.34. The number of sulfonamides is 1. The van der Waals surface area contributed by atoms with Crippen molar-refractivity contribution in [1.29, 1.82) is 0 Å². The third-order valence-corrected chi connectivity index (χ3v) is 8.08. The SMILES string of the molecule is COc1ccc(S(=O)(=O)N2CCN(c3ccc(N4CCCCCC4)nn3)CC2)cc1Cl. The van der Waals surface area contributed by atoms with Crippen molar-refractivity contribution in [3.63, 3.8) is 0 Å². The molecule has 4 rings (SSSR count). The summed E-state index contributed by atoms with van der Waals surface area (Å²) in [5.41, 5.74) is 0. The normalized spacial score (nSPS) is 18.6. The summed E-state index contributed by atoms with van der Waals surface area (Å²) in [5, 5.41) is 9.14. The smallest absolute Gasteiger partial charge is 0.243 e. The Labute approximate surface area is 188 Å². The fraction of sp³-hybridized carbons (Fsp3) is 0.524. The molecule has 0 N–H and O–H groups in total. The lowest BCUT2D eigenvalue weighted by Crippen LogP contribution is -2.49. The molecule has 0 aliphatic carbocycles. The lowest BCUT2D eigenvalue weighted by atomic mass is 10.2. The highest BCUT2D eigenvalue weighted by atomic mass is 35.5. The Morgan fingerprint density at radius 3 is 1.94 bits per heavy atom. The van der Waals surface area contributed by atoms with Crippen molar-refractivity contribution in [3.05, 3.63) is 35.4 Å². The molecule has 1 aromatic carbocycles. The molecule has 2 aliphatic rings. The highest BCUT2D eigenvalue weighted by molar-refractivity contribution is 7.89. The Morgan fingerprint density at radius 2 is 1.42 bits per heavy atom. The Bertz CT molecular complexity index is 987. The van der Waals surface area contributed by atoms with Gasteiger partial charge >= 0.3 is 0 Å². The van der Waals surface area contributed by atoms with E-state index in [4.69, 9.17) is 16.3 Å². The predicted molar refractivity (Wildman–Crippen MR) is 122 cm³/mol. The van der Waals surface area contributed by atoms with Crippen molar-refractivity contribution in [3.8, 4) is 5.75 Å². The average molecular weight is 466 g/mol. The van der Waals surface area contributed by atoms with Gasteiger partial charge in [-0.25, -0.2) is 8.42 Å². The molecular formula is C21H28ClN5O3S. The quantitative estimate of drug-likeness (QED) is 0.671. The van der Waals surface area contributed by atoms with Crippen molar-refractivity contribution in [2.45, 2.75) is 30.6 Å². The molecule has 0 spiro atoms. The first-order valence-electron chi connectivity index (χ1n) is 10.7. The number of anilines is 2. The zero-order valence-electron chi connectivity index (χ0n) is 17.7. The van der Waals surface area contributed by atoms with E-state index in [0.29, 0.717) is 31.9 Å². The maximum atomic E-state index is 13.0. The zero-order chi connectivity index (χ0) is 21.8. The number of hydrogen-bond acceptors (Lipinski definition) is 7. The molecule has 168 valence electrons. The van der Waals surface area contributed by atoms with Gasteiger partial charge in [0, 0.05) is 39.3 Å². The van der Waals surface area contributed by atoms with Gasteiger partial charge in [0.2, 0.25) is 10.0 Å². The van der Waals surface area contributed by atoms with Crippen molar-refractivity contribution in [1.82, 2.24) is 14.5 Å². The van der Waals surface area contributed by atoms with Gasteiger partial charge in [0.1, 0.15) is 5.75 Å². The van der Waals surface area contributed by atoms with E-state index < -0.39 is 10.0 Å². The minimum Gasteiger partial charge on any atom is -0.495 e. The van der Waals surface area contributed by atoms with Crippen molar-refractivity contribution in [2.75, 3.05) is 56.2 Å². The van der Waals surface area contributed by atoms with Crippen LogP contribution in [0.1, 0.15) is 25.7 Å². The highest BCUT2D eigenvalue weighted by Crippen LogP contribution is 2.29. The minimum atomic E-state index is -3.62. The number of hydrogen-bond donors (Lipinski definition) is 0. The number of nitrogens with zero attached hydrogens (tertiary/aromatic N) is 5. The van der Waals surface area contributed by atoms with Crippen LogP contribution in [0.3, 0.4) is 0 Å². The largest absolute Gasteiger partial charge is 0.495 e. The second kappa shape index (κ2) is 9.58. The first-order valence-corrected chi connectivity index (χ1v) is 12.5. The standard InChI is InChI=1S/C21H28ClN5O3S/c1-30-19-7-6-17(16-18(19)22)31(28,29)27-14-12-26(13-15-27)21-9-8-20(23-24-21)25-10-4-2-3-5-11-25/h6-9,16H,2-5,10-15H2,1H3. The second-order valence-corrected chi connectivity index (χ2v) is 10.2. The zero-order valence-corrected chi connectivity index (χ0v) is 19.3. The van der Waals surface area contributed by atoms with Gasteiger partial charge in [0.15, 0.2) is 11.6 Å². The van der Waals surface area contributed by atoms with E-state index in [9.17, 15) is 8.42 Å². The summed E-state index contributed by atoms with van der Waals surface area (Å²) < 4.78 is 32.6. The van der Waals surface area contributed by atoms with E-state index in [2.05, 4.69) is 20.0 Å². The van der Waals surface area contributed by atoms with Crippen LogP contribution in [0, 0.1) is 0 Å². The number of halogens is 1. The molecule has 2 aliphatic heterocycles. The Balaban J connectivity index is 1.39. The maximum Gasteiger partial charge on any atom is 0.243 e. The van der Waals surface area contributed by atoms with Crippen LogP contribution in [-0.4, -0.2) is 69.3 Å². The topological polar surface area (TPSA) is 78.9 Å². The minimum absolute atomic E-state index is 0.174. The van der Waals surface area contributed by atoms with Gasteiger partial charge in [-0.3, -0.25) is 0 Å². The van der Waals surface area contributed by atoms with Crippen LogP contribution in [0.4, 0.5) is 11.6 Å². The molecule has 31 heavy (non-hydrogen) atoms. The molecule has 0 atom stereocenters. The van der Waals surface area contributed by atoms with Crippen LogP contribution in [0.25, 0.3) is 0 Å². The summed E-state index contributed by atoms with van der Waals surface area (Å²) in [4.78, 5) is 4.55. The summed E-state index contributed by atoms with van der Waals surface area (Å²) in [5.74, 6) is 2.15. The lowest BCUT2D eigenvalue weighted by molar-refractivity contribution is 0.383. The van der Waals surface area contributed by atoms with Gasteiger partial charge in [-0.05, 0) is 43.2 Å². The fourth-order valence-corrected chi connectivity index (χ4v) is 5.84. The number of methoxy groups -OCH3 is 1. The van der Waals surface area contributed by atoms with Crippen LogP contribution >= 0.6 is 11.6 Å². The molecule has 1 aromatic heterocycles. The number of ether oxygens (including phenoxy) is 1. The van der Waals surface area contributed by atoms with Gasteiger partial charge in [-0.15, -0.1) is 10.2 Å². The van der Waals surface area contributed by atoms with E-state index in [1.165, 1.54) is 49.2 Å². The van der Waals surface area contributed by atoms with Crippen molar-refractivity contribution < 1.29 is 13.2 Å². The van der Waals surface area contributed by atoms with Crippen molar-refractivity contribution in [2.24, 2.45) is 0 Å². The Hall–Kier alpha value is -2.10. The average Bonchev–Trinajstić information content (AvgIpc) is 3.09. The Morgan fingerprint density at radius 1 is 0.839 bits per heavy atom. The fourth-order valence-electron chi connectivity index (χ4n) is 4.07. The maximum absolute atomic E-state index is 13.0. The summed E-state index contributed by atoms with van der Waals surface area (Å²) in [6, 6.07) is 8.55. The Kier molecular flexibility index (Phi) is 6.83. The van der Waals surface area contributed by atoms with Gasteiger partial charge < -0.3 is 14.5 Å². The first kappa shape index (κ1) is 22.1. The third-order valence-electron chi connectivity index (χ3n) is 5.89. The molecule has 0 radical (unpaired) electrons. The van der Waals surface area contributed by atoms with Crippen LogP contribution in [-0.2, 0) is 10.0 Å². The van der Waals surface area contributed by atoms with E-state index >= 15 is 0 Å². The highest BCUT2D eigenvalue weighted by Gasteiger charge is 2.29. The molecule has 2 saturated heterocycles. The van der Waals surface area contributed by atoms with Gasteiger partial charge in [0.25, 0.3) is 0 Å². The molecule has 0 saturated carbocycles. The van der Waals surface area contributed by atoms with Crippen molar-refractivity contribution >= 4 is 33.3 Å². The van der Waals surface area contributed by atoms with Crippen LogP contribution in [0.2, 0.25) is 5.02 Å². The second-order valence-electron chi connectivity index (χ2n) is 7.84. The molecule has 2 fully saturated rings. The molecule has 8 nitrogen and oxygen atoms in total. The first-order chi connectivity index (χ1) is 15.0. The molecule has 0 amide bonds. The molecule has 0 bridgehead atoms. The van der Waals surface area contributed by atoms with Crippen LogP contribution in [0.15, 0.2) is 35.2 Å². The molecule has 3 heterocycles. The predicted octanol–water partition coefficient (Wildman–Crippen LogP) is 3.03. The van der Waals surface area contributed by atoms with E-state index in [1.807, 2.05) is 12.1 Å². The summed E-state index contributed by atoms with van der Waals surface area (Å²) in [6.07, 6.45) is 4.94. The van der Waals surface area contributed by atoms with E-state index in [0.717, 1.165) is 24.7 Å². The van der Waals surface area contributed by atoms with Gasteiger partial charge in [0.05, 0.1) is 17.0 Å². The van der Waals surface area contributed by atoms with E-state index in [-0.39, 0.29) is 9.92 Å². The van der Waals surface area contributed by atoms with Crippen LogP contribution in [0.5, 0.6) is 5.75 Å². The number of benzene rings is 1.